The summed E-state index contributed by atoms with van der Waals surface area (Å²) in [7, 11) is 0. The number of carbonyl (C=O) groups is 2. The number of carbonyl (C=O) groups excluding carboxylic acids is 2. The number of benzene rings is 1. The summed E-state index contributed by atoms with van der Waals surface area (Å²) in [6.07, 6.45) is 3.20. The molecule has 0 spiro atoms. The molecule has 0 aliphatic carbocycles. The highest BCUT2D eigenvalue weighted by molar-refractivity contribution is 5.79. The number of para-hydroxylation sites is 1. The van der Waals surface area contributed by atoms with Crippen molar-refractivity contribution in [2.24, 2.45) is 5.92 Å². The predicted molar refractivity (Wildman–Crippen MR) is 110 cm³/mol. The van der Waals surface area contributed by atoms with E-state index >= 15 is 0 Å². The van der Waals surface area contributed by atoms with Gasteiger partial charge in [-0.1, -0.05) is 44.9 Å². The van der Waals surface area contributed by atoms with Gasteiger partial charge >= 0.3 is 11.9 Å². The first-order chi connectivity index (χ1) is 13.1. The molecule has 1 aromatic carbocycles. The van der Waals surface area contributed by atoms with Gasteiger partial charge in [-0.2, -0.15) is 0 Å². The highest BCUT2D eigenvalue weighted by atomic mass is 16.6. The summed E-state index contributed by atoms with van der Waals surface area (Å²) < 4.78 is 17.0. The van der Waals surface area contributed by atoms with Crippen LogP contribution in [0.15, 0.2) is 30.3 Å². The van der Waals surface area contributed by atoms with Crippen LogP contribution < -0.4 is 4.74 Å². The summed E-state index contributed by atoms with van der Waals surface area (Å²) in [4.78, 5) is 24.5. The lowest BCUT2D eigenvalue weighted by Gasteiger charge is -2.26. The third-order valence-corrected chi connectivity index (χ3v) is 4.24. The number of hydrogen-bond acceptors (Lipinski definition) is 5. The van der Waals surface area contributed by atoms with Crippen molar-refractivity contribution in [2.75, 3.05) is 0 Å². The van der Waals surface area contributed by atoms with E-state index in [1.54, 1.807) is 27.7 Å². The van der Waals surface area contributed by atoms with Gasteiger partial charge in [0.2, 0.25) is 0 Å². The van der Waals surface area contributed by atoms with Crippen LogP contribution in [-0.2, 0) is 19.1 Å². The quantitative estimate of drug-likeness (QED) is 0.377. The Morgan fingerprint density at radius 2 is 1.68 bits per heavy atom. The zero-order chi connectivity index (χ0) is 21.2. The van der Waals surface area contributed by atoms with Crippen molar-refractivity contribution in [3.05, 3.63) is 30.3 Å². The van der Waals surface area contributed by atoms with Crippen molar-refractivity contribution in [3.8, 4) is 5.75 Å². The predicted octanol–water partition coefficient (Wildman–Crippen LogP) is 5.31. The smallest absolute Gasteiger partial charge is 0.309 e. The summed E-state index contributed by atoms with van der Waals surface area (Å²) in [5, 5.41) is 0. The Labute approximate surface area is 169 Å². The maximum absolute atomic E-state index is 12.6. The molecule has 1 rings (SSSR count). The number of hydrogen-bond donors (Lipinski definition) is 0. The molecule has 0 bridgehead atoms. The van der Waals surface area contributed by atoms with E-state index in [-0.39, 0.29) is 18.6 Å². The van der Waals surface area contributed by atoms with Crippen molar-refractivity contribution in [1.29, 1.82) is 0 Å². The van der Waals surface area contributed by atoms with Crippen molar-refractivity contribution in [1.82, 2.24) is 0 Å². The van der Waals surface area contributed by atoms with E-state index in [4.69, 9.17) is 14.2 Å². The zero-order valence-corrected chi connectivity index (χ0v) is 18.2. The molecular weight excluding hydrogens is 356 g/mol. The van der Waals surface area contributed by atoms with Gasteiger partial charge in [0, 0.05) is 0 Å². The number of rotatable bonds is 11. The van der Waals surface area contributed by atoms with Gasteiger partial charge in [-0.25, -0.2) is 0 Å². The van der Waals surface area contributed by atoms with E-state index in [2.05, 4.69) is 6.92 Å². The van der Waals surface area contributed by atoms with Crippen LogP contribution in [0.5, 0.6) is 5.75 Å². The maximum atomic E-state index is 12.6. The van der Waals surface area contributed by atoms with Crippen molar-refractivity contribution in [2.45, 2.75) is 91.5 Å². The second kappa shape index (κ2) is 11.7. The topological polar surface area (TPSA) is 61.8 Å². The lowest BCUT2D eigenvalue weighted by Crippen LogP contribution is -2.36. The summed E-state index contributed by atoms with van der Waals surface area (Å²) in [6.45, 7) is 11.2. The first kappa shape index (κ1) is 24.0. The van der Waals surface area contributed by atoms with Gasteiger partial charge < -0.3 is 14.2 Å². The Morgan fingerprint density at radius 1 is 1.04 bits per heavy atom. The summed E-state index contributed by atoms with van der Waals surface area (Å²) in [6, 6.07) is 9.50. The summed E-state index contributed by atoms with van der Waals surface area (Å²) in [5.74, 6) is -0.607. The fourth-order valence-electron chi connectivity index (χ4n) is 2.76. The molecule has 0 aliphatic heterocycles. The van der Waals surface area contributed by atoms with Crippen LogP contribution in [0, 0.1) is 5.92 Å². The molecule has 0 amide bonds. The molecule has 158 valence electrons. The Bertz CT molecular complexity index is 591. The molecular formula is C23H36O5. The third kappa shape index (κ3) is 9.77. The second-order valence-corrected chi connectivity index (χ2v) is 8.30. The molecule has 5 heteroatoms. The molecule has 0 heterocycles. The number of esters is 2. The first-order valence-electron chi connectivity index (χ1n) is 10.3. The molecule has 0 N–H and O–H groups in total. The molecule has 1 aromatic rings. The molecule has 0 aromatic heterocycles. The third-order valence-electron chi connectivity index (χ3n) is 4.24. The molecule has 5 nitrogen and oxygen atoms in total. The standard InChI is InChI=1S/C23H36O5/c1-7-8-10-15-20(18(3)26-19-13-11-9-12-14-19)27-22(25)17(2)16-21(24)28-23(4,5)6/h9,11-14,17-18,20H,7-8,10,15-16H2,1-6H3/t17-,18+,20+/m1/s1. The van der Waals surface area contributed by atoms with Gasteiger partial charge in [0.1, 0.15) is 23.6 Å². The Hall–Kier alpha value is -2.04. The second-order valence-electron chi connectivity index (χ2n) is 8.30. The van der Waals surface area contributed by atoms with Crippen LogP contribution in [0.4, 0.5) is 0 Å². The molecule has 0 unspecified atom stereocenters. The fraction of sp³-hybridized carbons (Fsp3) is 0.652. The van der Waals surface area contributed by atoms with E-state index in [0.29, 0.717) is 0 Å². The monoisotopic (exact) mass is 392 g/mol. The fourth-order valence-corrected chi connectivity index (χ4v) is 2.76. The minimum atomic E-state index is -0.568. The minimum Gasteiger partial charge on any atom is -0.487 e. The molecule has 0 fully saturated rings. The van der Waals surface area contributed by atoms with Crippen LogP contribution in [-0.4, -0.2) is 29.7 Å². The lowest BCUT2D eigenvalue weighted by atomic mass is 10.0. The van der Waals surface area contributed by atoms with E-state index in [1.165, 1.54) is 0 Å². The maximum Gasteiger partial charge on any atom is 0.309 e. The average Bonchev–Trinajstić information content (AvgIpc) is 2.59. The average molecular weight is 393 g/mol. The van der Waals surface area contributed by atoms with E-state index in [0.717, 1.165) is 31.4 Å². The van der Waals surface area contributed by atoms with Gasteiger partial charge in [0.05, 0.1) is 12.3 Å². The molecule has 0 aliphatic rings. The van der Waals surface area contributed by atoms with Crippen LogP contribution in [0.1, 0.15) is 73.6 Å². The van der Waals surface area contributed by atoms with Gasteiger partial charge in [0.25, 0.3) is 0 Å². The van der Waals surface area contributed by atoms with E-state index in [9.17, 15) is 9.59 Å². The molecule has 3 atom stereocenters. The van der Waals surface area contributed by atoms with Crippen LogP contribution in [0.3, 0.4) is 0 Å². The van der Waals surface area contributed by atoms with Gasteiger partial charge in [-0.05, 0) is 52.7 Å². The molecule has 0 saturated carbocycles. The molecule has 28 heavy (non-hydrogen) atoms. The first-order valence-corrected chi connectivity index (χ1v) is 10.3. The highest BCUT2D eigenvalue weighted by Crippen LogP contribution is 2.20. The number of ether oxygens (including phenoxy) is 3. The summed E-state index contributed by atoms with van der Waals surface area (Å²) in [5.41, 5.74) is -0.568. The Balaban J connectivity index is 2.67. The van der Waals surface area contributed by atoms with E-state index < -0.39 is 23.5 Å². The summed E-state index contributed by atoms with van der Waals surface area (Å²) >= 11 is 0. The van der Waals surface area contributed by atoms with Gasteiger partial charge in [-0.15, -0.1) is 0 Å². The van der Waals surface area contributed by atoms with Crippen molar-refractivity contribution >= 4 is 11.9 Å². The Morgan fingerprint density at radius 3 is 2.25 bits per heavy atom. The minimum absolute atomic E-state index is 0.00566. The largest absolute Gasteiger partial charge is 0.487 e. The van der Waals surface area contributed by atoms with Crippen LogP contribution in [0.25, 0.3) is 0 Å². The normalized spacial score (nSPS) is 14.6. The SMILES string of the molecule is CCCCC[C@H](OC(=O)[C@H](C)CC(=O)OC(C)(C)C)[C@H](C)Oc1ccccc1. The van der Waals surface area contributed by atoms with Gasteiger partial charge in [0.15, 0.2) is 0 Å². The molecule has 0 radical (unpaired) electrons. The van der Waals surface area contributed by atoms with Gasteiger partial charge in [-0.3, -0.25) is 9.59 Å². The van der Waals surface area contributed by atoms with Crippen LogP contribution >= 0.6 is 0 Å². The lowest BCUT2D eigenvalue weighted by molar-refractivity contribution is -0.165. The van der Waals surface area contributed by atoms with Crippen LogP contribution in [0.2, 0.25) is 0 Å². The van der Waals surface area contributed by atoms with E-state index in [1.807, 2.05) is 37.3 Å². The highest BCUT2D eigenvalue weighted by Gasteiger charge is 2.28. The Kier molecular flexibility index (Phi) is 10.0. The number of unbranched alkanes of at least 4 members (excludes halogenated alkanes) is 2. The zero-order valence-electron chi connectivity index (χ0n) is 18.2. The van der Waals surface area contributed by atoms with Crippen molar-refractivity contribution in [3.63, 3.8) is 0 Å². The van der Waals surface area contributed by atoms with Crippen molar-refractivity contribution < 1.29 is 23.8 Å². The molecule has 0 saturated heterocycles.